The van der Waals surface area contributed by atoms with Crippen LogP contribution >= 0.6 is 12.4 Å². The lowest BCUT2D eigenvalue weighted by Crippen LogP contribution is -2.44. The fourth-order valence-corrected chi connectivity index (χ4v) is 2.64. The van der Waals surface area contributed by atoms with Crippen LogP contribution in [0, 0.1) is 0 Å². The molecule has 2 heterocycles. The first-order valence-electron chi connectivity index (χ1n) is 7.86. The number of nitrogens with one attached hydrogen (secondary N) is 1. The predicted octanol–water partition coefficient (Wildman–Crippen LogP) is 1.63. The number of hydrogen-bond acceptors (Lipinski definition) is 4. The van der Waals surface area contributed by atoms with Crippen molar-refractivity contribution in [2.75, 3.05) is 26.8 Å². The van der Waals surface area contributed by atoms with Gasteiger partial charge in [-0.25, -0.2) is 4.68 Å². The summed E-state index contributed by atoms with van der Waals surface area (Å²) in [7, 11) is 1.83. The van der Waals surface area contributed by atoms with Crippen LogP contribution in [0.5, 0.6) is 0 Å². The van der Waals surface area contributed by atoms with E-state index in [0.29, 0.717) is 19.6 Å². The highest BCUT2D eigenvalue weighted by atomic mass is 35.5. The van der Waals surface area contributed by atoms with Crippen LogP contribution in [0.25, 0.3) is 5.69 Å². The third-order valence-corrected chi connectivity index (χ3v) is 3.92. The number of benzene rings is 1. The van der Waals surface area contributed by atoms with Gasteiger partial charge in [0.2, 0.25) is 5.91 Å². The summed E-state index contributed by atoms with van der Waals surface area (Å²) in [6.45, 7) is 2.69. The third kappa shape index (κ3) is 4.80. The molecule has 7 heteroatoms. The third-order valence-electron chi connectivity index (χ3n) is 3.92. The van der Waals surface area contributed by atoms with Crippen LogP contribution in [0.2, 0.25) is 0 Å². The SMILES string of the molecule is CN(Cc1cnn(-c2ccccc2)c1)C(=O)CC1COCCN1.Cl. The summed E-state index contributed by atoms with van der Waals surface area (Å²) in [5.41, 5.74) is 2.02. The molecule has 1 unspecified atom stereocenters. The lowest BCUT2D eigenvalue weighted by molar-refractivity contribution is -0.131. The van der Waals surface area contributed by atoms with Crippen LogP contribution in [0.1, 0.15) is 12.0 Å². The topological polar surface area (TPSA) is 59.4 Å². The second-order valence-electron chi connectivity index (χ2n) is 5.81. The minimum absolute atomic E-state index is 0. The molecule has 0 aliphatic carbocycles. The molecule has 24 heavy (non-hydrogen) atoms. The molecule has 1 aromatic heterocycles. The molecule has 2 aromatic rings. The van der Waals surface area contributed by atoms with Crippen molar-refractivity contribution in [3.05, 3.63) is 48.3 Å². The summed E-state index contributed by atoms with van der Waals surface area (Å²) in [5.74, 6) is 0.112. The molecule has 6 nitrogen and oxygen atoms in total. The van der Waals surface area contributed by atoms with E-state index in [9.17, 15) is 4.79 Å². The summed E-state index contributed by atoms with van der Waals surface area (Å²) >= 11 is 0. The van der Waals surface area contributed by atoms with Gasteiger partial charge in [0.1, 0.15) is 0 Å². The van der Waals surface area contributed by atoms with E-state index in [0.717, 1.165) is 24.4 Å². The van der Waals surface area contributed by atoms with Crippen LogP contribution in [-0.2, 0) is 16.1 Å². The number of amides is 1. The monoisotopic (exact) mass is 350 g/mol. The van der Waals surface area contributed by atoms with Gasteiger partial charge in [-0.2, -0.15) is 5.10 Å². The Labute approximate surface area is 148 Å². The van der Waals surface area contributed by atoms with Gasteiger partial charge >= 0.3 is 0 Å². The maximum atomic E-state index is 12.3. The molecule has 1 aliphatic rings. The Hall–Kier alpha value is -1.89. The van der Waals surface area contributed by atoms with Crippen LogP contribution in [-0.4, -0.2) is 53.4 Å². The van der Waals surface area contributed by atoms with Crippen LogP contribution in [0.3, 0.4) is 0 Å². The van der Waals surface area contributed by atoms with E-state index in [1.165, 1.54) is 0 Å². The first-order valence-corrected chi connectivity index (χ1v) is 7.86. The molecule has 1 aliphatic heterocycles. The molecule has 0 bridgehead atoms. The van der Waals surface area contributed by atoms with E-state index < -0.39 is 0 Å². The van der Waals surface area contributed by atoms with Crippen molar-refractivity contribution >= 4 is 18.3 Å². The van der Waals surface area contributed by atoms with Gasteiger partial charge in [-0.1, -0.05) is 18.2 Å². The number of carbonyl (C=O) groups excluding carboxylic acids is 1. The van der Waals surface area contributed by atoms with Crippen molar-refractivity contribution in [3.8, 4) is 5.69 Å². The molecule has 3 rings (SSSR count). The zero-order chi connectivity index (χ0) is 16.1. The van der Waals surface area contributed by atoms with Gasteiger partial charge in [-0.05, 0) is 12.1 Å². The Kier molecular flexibility index (Phi) is 6.78. The number of morpholine rings is 1. The average Bonchev–Trinajstić information content (AvgIpc) is 3.05. The molecule has 1 amide bonds. The van der Waals surface area contributed by atoms with Gasteiger partial charge in [0, 0.05) is 44.4 Å². The van der Waals surface area contributed by atoms with Crippen molar-refractivity contribution in [3.63, 3.8) is 0 Å². The zero-order valence-electron chi connectivity index (χ0n) is 13.7. The smallest absolute Gasteiger partial charge is 0.224 e. The van der Waals surface area contributed by atoms with Crippen LogP contribution in [0.4, 0.5) is 0 Å². The summed E-state index contributed by atoms with van der Waals surface area (Å²) < 4.78 is 7.21. The standard InChI is InChI=1S/C17H22N4O2.ClH/c1-20(17(22)9-15-13-23-8-7-18-15)11-14-10-19-21(12-14)16-5-3-2-4-6-16;/h2-6,10,12,15,18H,7-9,11,13H2,1H3;1H. The van der Waals surface area contributed by atoms with Crippen molar-refractivity contribution in [1.29, 1.82) is 0 Å². The molecule has 1 atom stereocenters. The molecule has 1 aromatic carbocycles. The first-order chi connectivity index (χ1) is 11.2. The Balaban J connectivity index is 0.00000208. The average molecular weight is 351 g/mol. The maximum Gasteiger partial charge on any atom is 0.224 e. The van der Waals surface area contributed by atoms with Gasteiger partial charge in [-0.3, -0.25) is 4.79 Å². The molecule has 1 fully saturated rings. The molecular weight excluding hydrogens is 328 g/mol. The highest BCUT2D eigenvalue weighted by molar-refractivity contribution is 5.85. The number of halogens is 1. The summed E-state index contributed by atoms with van der Waals surface area (Å²) in [6.07, 6.45) is 4.23. The van der Waals surface area contributed by atoms with E-state index in [-0.39, 0.29) is 24.4 Å². The van der Waals surface area contributed by atoms with Crippen molar-refractivity contribution in [2.45, 2.75) is 19.0 Å². The van der Waals surface area contributed by atoms with Crippen molar-refractivity contribution in [2.24, 2.45) is 0 Å². The van der Waals surface area contributed by atoms with E-state index in [4.69, 9.17) is 4.74 Å². The van der Waals surface area contributed by atoms with E-state index in [1.54, 1.807) is 11.1 Å². The number of hydrogen-bond donors (Lipinski definition) is 1. The quantitative estimate of drug-likeness (QED) is 0.890. The predicted molar refractivity (Wildman–Crippen MR) is 94.5 cm³/mol. The second kappa shape index (κ2) is 8.82. The Morgan fingerprint density at radius 1 is 1.42 bits per heavy atom. The Bertz CT molecular complexity index is 641. The summed E-state index contributed by atoms with van der Waals surface area (Å²) in [4.78, 5) is 14.0. The fraction of sp³-hybridized carbons (Fsp3) is 0.412. The molecule has 1 N–H and O–H groups in total. The highest BCUT2D eigenvalue weighted by Crippen LogP contribution is 2.10. The van der Waals surface area contributed by atoms with Gasteiger partial charge in [0.25, 0.3) is 0 Å². The van der Waals surface area contributed by atoms with E-state index in [2.05, 4.69) is 10.4 Å². The van der Waals surface area contributed by atoms with Crippen molar-refractivity contribution in [1.82, 2.24) is 20.0 Å². The number of para-hydroxylation sites is 1. The molecule has 0 saturated carbocycles. The minimum atomic E-state index is 0. The minimum Gasteiger partial charge on any atom is -0.378 e. The maximum absolute atomic E-state index is 12.3. The number of rotatable bonds is 5. The van der Waals surface area contributed by atoms with Gasteiger partial charge in [0.05, 0.1) is 25.1 Å². The van der Waals surface area contributed by atoms with Crippen LogP contribution in [0.15, 0.2) is 42.7 Å². The van der Waals surface area contributed by atoms with E-state index in [1.807, 2.05) is 48.3 Å². The lowest BCUT2D eigenvalue weighted by Gasteiger charge is -2.25. The molecule has 1 saturated heterocycles. The first kappa shape index (κ1) is 18.4. The Morgan fingerprint density at radius 3 is 2.92 bits per heavy atom. The second-order valence-corrected chi connectivity index (χ2v) is 5.81. The van der Waals surface area contributed by atoms with Crippen LogP contribution < -0.4 is 5.32 Å². The Morgan fingerprint density at radius 2 is 2.21 bits per heavy atom. The number of nitrogens with zero attached hydrogens (tertiary/aromatic N) is 3. The summed E-state index contributed by atoms with van der Waals surface area (Å²) in [5, 5.41) is 7.67. The number of ether oxygens (including phenoxy) is 1. The largest absolute Gasteiger partial charge is 0.378 e. The normalized spacial score (nSPS) is 17.1. The van der Waals surface area contributed by atoms with E-state index >= 15 is 0 Å². The highest BCUT2D eigenvalue weighted by Gasteiger charge is 2.19. The lowest BCUT2D eigenvalue weighted by atomic mass is 10.2. The molecule has 0 radical (unpaired) electrons. The summed E-state index contributed by atoms with van der Waals surface area (Å²) in [6, 6.07) is 10.0. The van der Waals surface area contributed by atoms with Gasteiger partial charge in [0.15, 0.2) is 0 Å². The zero-order valence-corrected chi connectivity index (χ0v) is 14.5. The molecule has 0 spiro atoms. The molecular formula is C17H23ClN4O2. The van der Waals surface area contributed by atoms with Gasteiger partial charge < -0.3 is 15.0 Å². The fourth-order valence-electron chi connectivity index (χ4n) is 2.64. The molecule has 130 valence electrons. The van der Waals surface area contributed by atoms with Crippen molar-refractivity contribution < 1.29 is 9.53 Å². The number of aromatic nitrogens is 2. The van der Waals surface area contributed by atoms with Gasteiger partial charge in [-0.15, -0.1) is 12.4 Å². The number of carbonyl (C=O) groups is 1.